The van der Waals surface area contributed by atoms with Gasteiger partial charge in [-0.2, -0.15) is 0 Å². The predicted octanol–water partition coefficient (Wildman–Crippen LogP) is 3.15. The van der Waals surface area contributed by atoms with E-state index in [9.17, 15) is 4.79 Å². The molecule has 1 aliphatic rings. The van der Waals surface area contributed by atoms with Gasteiger partial charge in [0.2, 0.25) is 5.75 Å². The van der Waals surface area contributed by atoms with Crippen molar-refractivity contribution in [3.8, 4) is 17.2 Å². The van der Waals surface area contributed by atoms with Gasteiger partial charge in [-0.05, 0) is 31.0 Å². The van der Waals surface area contributed by atoms with Crippen LogP contribution in [0.25, 0.3) is 0 Å². The molecule has 0 atom stereocenters. The van der Waals surface area contributed by atoms with E-state index in [-0.39, 0.29) is 6.04 Å². The van der Waals surface area contributed by atoms with Crippen molar-refractivity contribution in [3.05, 3.63) is 35.9 Å². The second-order valence-electron chi connectivity index (χ2n) is 6.69. The standard InChI is InChI=1S/C21H27N3O5/c1-26-18-11-15(12-19(27-2)20(18)28-3)23-14-4-5-16(21(22)25)17(10-14)24-13-6-8-29-9-7-13/h4-5,10-13,23-24H,6-9H2,1-3H3,(H2,22,25). The summed E-state index contributed by atoms with van der Waals surface area (Å²) in [7, 11) is 4.70. The molecule has 1 heterocycles. The van der Waals surface area contributed by atoms with Crippen LogP contribution in [-0.4, -0.2) is 46.5 Å². The molecule has 4 N–H and O–H groups in total. The Hall–Kier alpha value is -3.13. The quantitative estimate of drug-likeness (QED) is 0.624. The van der Waals surface area contributed by atoms with Gasteiger partial charge in [0.1, 0.15) is 0 Å². The smallest absolute Gasteiger partial charge is 0.250 e. The van der Waals surface area contributed by atoms with E-state index in [0.717, 1.165) is 24.2 Å². The fourth-order valence-electron chi connectivity index (χ4n) is 3.34. The minimum atomic E-state index is -0.473. The Kier molecular flexibility index (Phi) is 6.66. The Bertz CT molecular complexity index is 840. The third-order valence-corrected chi connectivity index (χ3v) is 4.82. The van der Waals surface area contributed by atoms with Gasteiger partial charge in [0.05, 0.1) is 26.9 Å². The van der Waals surface area contributed by atoms with Crippen LogP contribution >= 0.6 is 0 Å². The fourth-order valence-corrected chi connectivity index (χ4v) is 3.34. The van der Waals surface area contributed by atoms with Crippen molar-refractivity contribution in [2.24, 2.45) is 5.73 Å². The molecule has 29 heavy (non-hydrogen) atoms. The van der Waals surface area contributed by atoms with Gasteiger partial charge in [-0.15, -0.1) is 0 Å². The van der Waals surface area contributed by atoms with Crippen LogP contribution in [0.15, 0.2) is 30.3 Å². The van der Waals surface area contributed by atoms with Gasteiger partial charge in [0.25, 0.3) is 5.91 Å². The van der Waals surface area contributed by atoms with E-state index in [1.54, 1.807) is 33.5 Å². The van der Waals surface area contributed by atoms with Gasteiger partial charge >= 0.3 is 0 Å². The van der Waals surface area contributed by atoms with E-state index < -0.39 is 5.91 Å². The number of methoxy groups -OCH3 is 3. The van der Waals surface area contributed by atoms with E-state index in [1.165, 1.54) is 0 Å². The Labute approximate surface area is 170 Å². The molecule has 0 radical (unpaired) electrons. The molecule has 0 spiro atoms. The zero-order valence-corrected chi connectivity index (χ0v) is 16.9. The number of hydrogen-bond donors (Lipinski definition) is 3. The molecule has 1 aliphatic heterocycles. The fraction of sp³-hybridized carbons (Fsp3) is 0.381. The van der Waals surface area contributed by atoms with Crippen molar-refractivity contribution in [1.29, 1.82) is 0 Å². The molecule has 0 aliphatic carbocycles. The summed E-state index contributed by atoms with van der Waals surface area (Å²) in [6, 6.07) is 9.25. The third-order valence-electron chi connectivity index (χ3n) is 4.82. The first-order valence-electron chi connectivity index (χ1n) is 9.41. The number of rotatable bonds is 8. The lowest BCUT2D eigenvalue weighted by molar-refractivity contribution is 0.0904. The molecule has 0 aromatic heterocycles. The topological polar surface area (TPSA) is 104 Å². The average Bonchev–Trinajstić information content (AvgIpc) is 2.73. The Balaban J connectivity index is 1.89. The van der Waals surface area contributed by atoms with Crippen LogP contribution in [0.5, 0.6) is 17.2 Å². The van der Waals surface area contributed by atoms with Crippen LogP contribution in [-0.2, 0) is 4.74 Å². The molecule has 0 saturated carbocycles. The zero-order valence-electron chi connectivity index (χ0n) is 16.9. The van der Waals surface area contributed by atoms with Crippen molar-refractivity contribution < 1.29 is 23.7 Å². The molecule has 2 aromatic carbocycles. The van der Waals surface area contributed by atoms with Crippen LogP contribution in [0.1, 0.15) is 23.2 Å². The molecule has 156 valence electrons. The predicted molar refractivity (Wildman–Crippen MR) is 112 cm³/mol. The van der Waals surface area contributed by atoms with Gasteiger partial charge < -0.3 is 35.3 Å². The SMILES string of the molecule is COc1cc(Nc2ccc(C(N)=O)c(NC3CCOCC3)c2)cc(OC)c1OC. The minimum absolute atomic E-state index is 0.235. The number of nitrogens with two attached hydrogens (primary N) is 1. The Morgan fingerprint density at radius 2 is 1.66 bits per heavy atom. The van der Waals surface area contributed by atoms with Crippen molar-refractivity contribution in [2.45, 2.75) is 18.9 Å². The molecule has 2 aromatic rings. The average molecular weight is 401 g/mol. The van der Waals surface area contributed by atoms with Crippen LogP contribution in [0.2, 0.25) is 0 Å². The van der Waals surface area contributed by atoms with Crippen LogP contribution < -0.4 is 30.6 Å². The van der Waals surface area contributed by atoms with E-state index in [4.69, 9.17) is 24.7 Å². The molecular weight excluding hydrogens is 374 g/mol. The highest BCUT2D eigenvalue weighted by atomic mass is 16.5. The summed E-state index contributed by atoms with van der Waals surface area (Å²) in [4.78, 5) is 11.9. The number of nitrogens with one attached hydrogen (secondary N) is 2. The van der Waals surface area contributed by atoms with Crippen LogP contribution in [0.3, 0.4) is 0 Å². The highest BCUT2D eigenvalue weighted by Gasteiger charge is 2.18. The second-order valence-corrected chi connectivity index (χ2v) is 6.69. The maximum Gasteiger partial charge on any atom is 0.250 e. The monoisotopic (exact) mass is 401 g/mol. The molecule has 1 amide bonds. The summed E-state index contributed by atoms with van der Waals surface area (Å²) >= 11 is 0. The largest absolute Gasteiger partial charge is 0.493 e. The van der Waals surface area contributed by atoms with E-state index in [2.05, 4.69) is 10.6 Å². The molecule has 1 saturated heterocycles. The number of benzene rings is 2. The molecule has 8 nitrogen and oxygen atoms in total. The molecular formula is C21H27N3O5. The third kappa shape index (κ3) is 4.83. The second kappa shape index (κ2) is 9.38. The molecule has 8 heteroatoms. The van der Waals surface area contributed by atoms with E-state index in [0.29, 0.717) is 41.7 Å². The van der Waals surface area contributed by atoms with Crippen molar-refractivity contribution in [1.82, 2.24) is 0 Å². The van der Waals surface area contributed by atoms with Gasteiger partial charge in [0, 0.05) is 48.5 Å². The Morgan fingerprint density at radius 3 is 2.21 bits per heavy atom. The first kappa shape index (κ1) is 20.6. The zero-order chi connectivity index (χ0) is 20.8. The number of anilines is 3. The molecule has 0 unspecified atom stereocenters. The number of carbonyl (C=O) groups excluding carboxylic acids is 1. The summed E-state index contributed by atoms with van der Waals surface area (Å²) in [5.41, 5.74) is 8.25. The molecule has 3 rings (SSSR count). The van der Waals surface area contributed by atoms with E-state index in [1.807, 2.05) is 18.2 Å². The number of amides is 1. The summed E-state index contributed by atoms with van der Waals surface area (Å²) in [6.07, 6.45) is 1.76. The van der Waals surface area contributed by atoms with Gasteiger partial charge in [-0.25, -0.2) is 0 Å². The first-order valence-corrected chi connectivity index (χ1v) is 9.41. The number of carbonyl (C=O) groups is 1. The molecule has 1 fully saturated rings. The Morgan fingerprint density at radius 1 is 1.00 bits per heavy atom. The number of hydrogen-bond acceptors (Lipinski definition) is 7. The first-order chi connectivity index (χ1) is 14.0. The van der Waals surface area contributed by atoms with E-state index >= 15 is 0 Å². The molecule has 0 bridgehead atoms. The van der Waals surface area contributed by atoms with Gasteiger partial charge in [0.15, 0.2) is 11.5 Å². The van der Waals surface area contributed by atoms with Crippen LogP contribution in [0.4, 0.5) is 17.1 Å². The number of ether oxygens (including phenoxy) is 4. The van der Waals surface area contributed by atoms with Crippen molar-refractivity contribution >= 4 is 23.0 Å². The summed E-state index contributed by atoms with van der Waals surface area (Å²) in [6.45, 7) is 1.40. The minimum Gasteiger partial charge on any atom is -0.493 e. The van der Waals surface area contributed by atoms with Crippen LogP contribution in [0, 0.1) is 0 Å². The lowest BCUT2D eigenvalue weighted by Gasteiger charge is -2.25. The highest BCUT2D eigenvalue weighted by molar-refractivity contribution is 5.99. The van der Waals surface area contributed by atoms with Gasteiger partial charge in [-0.3, -0.25) is 4.79 Å². The maximum absolute atomic E-state index is 11.9. The van der Waals surface area contributed by atoms with Crippen molar-refractivity contribution in [2.75, 3.05) is 45.2 Å². The summed E-state index contributed by atoms with van der Waals surface area (Å²) in [5.74, 6) is 1.14. The maximum atomic E-state index is 11.9. The number of primary amides is 1. The highest BCUT2D eigenvalue weighted by Crippen LogP contribution is 2.40. The lowest BCUT2D eigenvalue weighted by atomic mass is 10.1. The summed E-state index contributed by atoms with van der Waals surface area (Å²) < 4.78 is 21.6. The lowest BCUT2D eigenvalue weighted by Crippen LogP contribution is -2.29. The van der Waals surface area contributed by atoms with Crippen molar-refractivity contribution in [3.63, 3.8) is 0 Å². The summed E-state index contributed by atoms with van der Waals surface area (Å²) in [5, 5.41) is 6.75. The van der Waals surface area contributed by atoms with Gasteiger partial charge in [-0.1, -0.05) is 0 Å². The normalized spacial score (nSPS) is 14.2.